The summed E-state index contributed by atoms with van der Waals surface area (Å²) < 4.78 is 55.6. The van der Waals surface area contributed by atoms with E-state index in [1.807, 2.05) is 69.2 Å². The minimum atomic E-state index is -2.92. The van der Waals surface area contributed by atoms with Crippen molar-refractivity contribution in [3.05, 3.63) is 170 Å². The smallest absolute Gasteiger partial charge is 0.478 e. The van der Waals surface area contributed by atoms with Gasteiger partial charge in [0.15, 0.2) is 5.78 Å². The average molecular weight is 1660 g/mol. The lowest BCUT2D eigenvalue weighted by molar-refractivity contribution is -0.121. The third kappa shape index (κ3) is 31.3. The average Bonchev–Trinajstić information content (AvgIpc) is 0.805. The van der Waals surface area contributed by atoms with Crippen LogP contribution in [0.5, 0.6) is 28.7 Å². The van der Waals surface area contributed by atoms with Crippen molar-refractivity contribution in [3.63, 3.8) is 0 Å². The molecule has 0 bridgehead atoms. The number of benzene rings is 6. The second-order valence-electron chi connectivity index (χ2n) is 25.4. The lowest BCUT2D eigenvalue weighted by Gasteiger charge is -2.28. The van der Waals surface area contributed by atoms with Gasteiger partial charge in [0.25, 0.3) is 54.9 Å². The Bertz CT molecular complexity index is 4300. The summed E-state index contributed by atoms with van der Waals surface area (Å²) in [6.45, 7) is 24.5. The van der Waals surface area contributed by atoms with Gasteiger partial charge in [-0.2, -0.15) is 0 Å². The van der Waals surface area contributed by atoms with Crippen molar-refractivity contribution < 1.29 is 123 Å². The third-order valence-electron chi connectivity index (χ3n) is 17.1. The van der Waals surface area contributed by atoms with E-state index < -0.39 is 76.7 Å². The molecule has 0 heterocycles. The number of rotatable bonds is 52. The molecule has 0 unspecified atom stereocenters. The van der Waals surface area contributed by atoms with Crippen LogP contribution in [0.3, 0.4) is 0 Å². The van der Waals surface area contributed by atoms with Gasteiger partial charge in [-0.25, -0.2) is 14.4 Å². The molecule has 0 saturated heterocycles. The second-order valence-corrected chi connectivity index (χ2v) is 30.9. The van der Waals surface area contributed by atoms with Gasteiger partial charge in [0.1, 0.15) is 28.7 Å². The Labute approximate surface area is 682 Å². The van der Waals surface area contributed by atoms with Crippen molar-refractivity contribution in [2.24, 2.45) is 0 Å². The first-order valence-corrected chi connectivity index (χ1v) is 42.8. The van der Waals surface area contributed by atoms with Gasteiger partial charge in [0.2, 0.25) is 0 Å². The molecule has 9 N–H and O–H groups in total. The minimum absolute atomic E-state index is 0.0139. The fraction of sp³-hybridized carbons (Fsp3) is 0.410. The first kappa shape index (κ1) is 98.0. The molecular weight excluding hydrogens is 1550 g/mol. The molecule has 6 aromatic rings. The SMILES string of the molecule is CCCCNC(=O)c1cc(-c2ccc(C(=O)O)c(C(=O)NCCC[Si](OCC)(OCC)OCC)c2)ccc1OC=O.CCCCNC(=O)c1cc(C(=O)c2ccc(C(=O)O)c(C(=O)NCCC[Si](OCC)(OCC)OCC)c2)ccc1OC=O.CCCCNC(=O)c1cc(Oc2ccc(C(=O)O)c(C(=O)NCCCC)c2)ccc1OC=O. The van der Waals surface area contributed by atoms with Gasteiger partial charge in [0, 0.05) is 102 Å². The van der Waals surface area contributed by atoms with Gasteiger partial charge in [-0.15, -0.1) is 0 Å². The van der Waals surface area contributed by atoms with Gasteiger partial charge in [-0.1, -0.05) is 71.6 Å². The summed E-state index contributed by atoms with van der Waals surface area (Å²) in [5.74, 6) is -6.89. The number of carboxylic acid groups (broad SMARTS) is 3. The number of carbonyl (C=O) groups is 13. The summed E-state index contributed by atoms with van der Waals surface area (Å²) in [7, 11) is -5.79. The van der Waals surface area contributed by atoms with Gasteiger partial charge in [0.05, 0.1) is 50.1 Å². The van der Waals surface area contributed by atoms with E-state index in [0.717, 1.165) is 51.4 Å². The summed E-state index contributed by atoms with van der Waals surface area (Å²) in [5.41, 5.74) is 0.556. The van der Waals surface area contributed by atoms with E-state index in [-0.39, 0.29) is 122 Å². The zero-order valence-electron chi connectivity index (χ0n) is 67.8. The van der Waals surface area contributed by atoms with Gasteiger partial charge >= 0.3 is 35.5 Å². The van der Waals surface area contributed by atoms with E-state index in [0.29, 0.717) is 102 Å². The predicted octanol–water partition coefficient (Wildman–Crippen LogP) is 11.9. The number of carboxylic acids is 3. The van der Waals surface area contributed by atoms with Gasteiger partial charge in [-0.3, -0.25) is 47.9 Å². The van der Waals surface area contributed by atoms with E-state index in [2.05, 4.69) is 31.9 Å². The Morgan fingerprint density at radius 1 is 0.308 bits per heavy atom. The standard InChI is InChI=1S/C30H40N2O10Si.C29H40N2O9Si.C24H28N2O7/c1-5-9-15-31-29(36)25-19-22(12-14-26(25)39-20-33)27(34)21-11-13-23(30(37)38)24(18-21)28(35)32-16-10-17-43(40-6-2,41-7-3)42-8-4;1-5-9-15-30-28(34)25-19-22(12-14-26(25)37-20-32)21-11-13-23(29(35)36)24(18-21)27(33)31-16-10-17-41(38-6-2,39-7-3)40-8-4;1-3-5-11-25-22(28)19-13-16(7-9-18(19)24(30)31)33-17-8-10-21(32-15-27)20(14-17)23(29)26-12-6-4-2/h11-14,18-20H,5-10,15-17H2,1-4H3,(H,31,36)(H,32,35)(H,37,38);11-14,18-20H,5-10,15-17H2,1-4H3,(H,30,34)(H,31,33)(H,35,36);7-10,13-15H,3-6,11-12H2,1-2H3,(H,25,28)(H,26,29)(H,30,31). The lowest BCUT2D eigenvalue weighted by Crippen LogP contribution is -2.46. The summed E-state index contributed by atoms with van der Waals surface area (Å²) in [5, 5.41) is 45.3. The molecule has 6 rings (SSSR count). The topological polar surface area (TPSA) is 447 Å². The molecule has 0 saturated carbocycles. The van der Waals surface area contributed by atoms with Crippen LogP contribution < -0.4 is 50.8 Å². The van der Waals surface area contributed by atoms with E-state index in [1.165, 1.54) is 97.1 Å². The van der Waals surface area contributed by atoms with Gasteiger partial charge < -0.3 is 92.7 Å². The van der Waals surface area contributed by atoms with Crippen molar-refractivity contribution in [1.82, 2.24) is 31.9 Å². The third-order valence-corrected chi connectivity index (χ3v) is 23.4. The van der Waals surface area contributed by atoms with E-state index in [4.69, 9.17) is 45.5 Å². The van der Waals surface area contributed by atoms with E-state index >= 15 is 0 Å². The Morgan fingerprint density at radius 2 is 0.564 bits per heavy atom. The van der Waals surface area contributed by atoms with E-state index in [1.54, 1.807) is 12.1 Å². The van der Waals surface area contributed by atoms with Crippen LogP contribution in [0.15, 0.2) is 109 Å². The van der Waals surface area contributed by atoms with Crippen molar-refractivity contribution in [3.8, 4) is 39.9 Å². The molecular formula is C83H108N6O26Si2. The zero-order valence-corrected chi connectivity index (χ0v) is 69.8. The maximum absolute atomic E-state index is 13.4. The molecule has 0 spiro atoms. The molecule has 0 aromatic heterocycles. The molecule has 0 aliphatic rings. The second kappa shape index (κ2) is 53.0. The van der Waals surface area contributed by atoms with Crippen molar-refractivity contribution in [2.75, 3.05) is 78.9 Å². The summed E-state index contributed by atoms with van der Waals surface area (Å²) in [6, 6.07) is 26.0. The monoisotopic (exact) mass is 1660 g/mol. The van der Waals surface area contributed by atoms with Crippen LogP contribution in [0, 0.1) is 0 Å². The molecule has 0 atom stereocenters. The highest BCUT2D eigenvalue weighted by atomic mass is 28.4. The largest absolute Gasteiger partial charge is 0.500 e. The zero-order chi connectivity index (χ0) is 86.3. The summed E-state index contributed by atoms with van der Waals surface area (Å²) in [6.07, 6.45) is 7.59. The van der Waals surface area contributed by atoms with Crippen LogP contribution in [-0.4, -0.2) is 190 Å². The van der Waals surface area contributed by atoms with Crippen molar-refractivity contribution >= 4 is 96.2 Å². The molecule has 634 valence electrons. The van der Waals surface area contributed by atoms with Crippen LogP contribution in [0.25, 0.3) is 11.1 Å². The number of ketones is 1. The number of ether oxygens (including phenoxy) is 4. The Kier molecular flexibility index (Phi) is 44.4. The molecule has 0 radical (unpaired) electrons. The number of carbonyl (C=O) groups excluding carboxylic acids is 10. The fourth-order valence-electron chi connectivity index (χ4n) is 11.5. The van der Waals surface area contributed by atoms with Crippen LogP contribution >= 0.6 is 0 Å². The predicted molar refractivity (Wildman–Crippen MR) is 436 cm³/mol. The Morgan fingerprint density at radius 3 is 0.923 bits per heavy atom. The lowest BCUT2D eigenvalue weighted by atomic mass is 9.96. The van der Waals surface area contributed by atoms with Crippen LogP contribution in [0.4, 0.5) is 0 Å². The highest BCUT2D eigenvalue weighted by Crippen LogP contribution is 2.32. The summed E-state index contributed by atoms with van der Waals surface area (Å²) in [4.78, 5) is 158. The molecule has 34 heteroatoms. The Hall–Kier alpha value is -11.4. The number of nitrogens with one attached hydrogen (secondary N) is 6. The maximum Gasteiger partial charge on any atom is 0.500 e. The minimum Gasteiger partial charge on any atom is -0.478 e. The molecule has 0 aliphatic heterocycles. The molecule has 0 fully saturated rings. The first-order chi connectivity index (χ1) is 56.3. The van der Waals surface area contributed by atoms with Crippen LogP contribution in [0.2, 0.25) is 12.1 Å². The maximum atomic E-state index is 13.4. The highest BCUT2D eigenvalue weighted by Gasteiger charge is 2.41. The first-order valence-electron chi connectivity index (χ1n) is 38.9. The highest BCUT2D eigenvalue weighted by molar-refractivity contribution is 6.61. The quantitative estimate of drug-likeness (QED) is 0.00741. The number of aromatic carboxylic acids is 3. The number of amides is 6. The molecule has 117 heavy (non-hydrogen) atoms. The number of unbranched alkanes of at least 4 members (excludes halogenated alkanes) is 4. The number of hydrogen-bond acceptors (Lipinski definition) is 23. The molecule has 32 nitrogen and oxygen atoms in total. The van der Waals surface area contributed by atoms with Crippen LogP contribution in [0.1, 0.15) is 243 Å². The van der Waals surface area contributed by atoms with E-state index in [9.17, 15) is 77.6 Å². The Balaban J connectivity index is 0.000000372. The molecule has 0 aliphatic carbocycles. The normalized spacial score (nSPS) is 10.9. The van der Waals surface area contributed by atoms with Crippen molar-refractivity contribution in [1.29, 1.82) is 0 Å². The molecule has 6 aromatic carbocycles. The molecule has 6 amide bonds. The van der Waals surface area contributed by atoms with Crippen LogP contribution in [-0.2, 0) is 40.9 Å². The van der Waals surface area contributed by atoms with Gasteiger partial charge in [-0.05, 0) is 182 Å². The fourth-order valence-corrected chi connectivity index (χ4v) is 16.7. The summed E-state index contributed by atoms with van der Waals surface area (Å²) >= 11 is 0. The number of hydrogen-bond donors (Lipinski definition) is 9. The van der Waals surface area contributed by atoms with Crippen molar-refractivity contribution in [2.45, 2.75) is 146 Å².